The van der Waals surface area contributed by atoms with E-state index in [1.807, 2.05) is 13.8 Å². The maximum absolute atomic E-state index is 12.8. The van der Waals surface area contributed by atoms with E-state index in [1.165, 1.54) is 12.1 Å². The molecule has 0 saturated carbocycles. The lowest BCUT2D eigenvalue weighted by Gasteiger charge is -2.14. The molecule has 0 heterocycles. The van der Waals surface area contributed by atoms with Crippen LogP contribution in [0.4, 0.5) is 4.39 Å². The number of methoxy groups -OCH3 is 2. The molecular weight excluding hydrogens is 257 g/mol. The second-order valence-electron chi connectivity index (χ2n) is 3.27. The molecule has 0 fully saturated rings. The average molecular weight is 278 g/mol. The molecule has 0 aliphatic heterocycles. The first kappa shape index (κ1) is 17.3. The molecule has 5 heteroatoms. The lowest BCUT2D eigenvalue weighted by molar-refractivity contribution is -0.0989. The predicted octanol–water partition coefficient (Wildman–Crippen LogP) is 3.21. The highest BCUT2D eigenvalue weighted by Gasteiger charge is 2.05. The first-order valence-electron chi connectivity index (χ1n) is 5.87. The quantitative estimate of drug-likeness (QED) is 0.810. The summed E-state index contributed by atoms with van der Waals surface area (Å²) in [6.07, 6.45) is -0.292. The molecule has 1 aromatic carbocycles. The fraction of sp³-hybridized carbons (Fsp3) is 0.538. The SMILES string of the molecule is CC.COC(CNCc1ccc(F)cc1Cl)OC. The minimum Gasteiger partial charge on any atom is -0.355 e. The minimum atomic E-state index is -0.333. The van der Waals surface area contributed by atoms with E-state index in [2.05, 4.69) is 5.32 Å². The van der Waals surface area contributed by atoms with E-state index in [0.717, 1.165) is 5.56 Å². The molecule has 1 aromatic rings. The Morgan fingerprint density at radius 3 is 2.39 bits per heavy atom. The molecule has 1 N–H and O–H groups in total. The van der Waals surface area contributed by atoms with Gasteiger partial charge in [-0.25, -0.2) is 4.39 Å². The van der Waals surface area contributed by atoms with Crippen LogP contribution in [0.5, 0.6) is 0 Å². The van der Waals surface area contributed by atoms with Crippen molar-refractivity contribution in [2.45, 2.75) is 26.7 Å². The van der Waals surface area contributed by atoms with Gasteiger partial charge < -0.3 is 14.8 Å². The molecule has 1 rings (SSSR count). The van der Waals surface area contributed by atoms with Gasteiger partial charge in [0.05, 0.1) is 0 Å². The third kappa shape index (κ3) is 6.31. The van der Waals surface area contributed by atoms with Gasteiger partial charge in [0, 0.05) is 32.3 Å². The highest BCUT2D eigenvalue weighted by atomic mass is 35.5. The number of ether oxygens (including phenoxy) is 2. The summed E-state index contributed by atoms with van der Waals surface area (Å²) in [5.41, 5.74) is 0.842. The van der Waals surface area contributed by atoms with E-state index in [9.17, 15) is 4.39 Å². The van der Waals surface area contributed by atoms with Crippen molar-refractivity contribution in [3.63, 3.8) is 0 Å². The standard InChI is InChI=1S/C11H15ClFNO2.C2H6/c1-15-11(16-2)7-14-6-8-3-4-9(13)5-10(8)12;1-2/h3-5,11,14H,6-7H2,1-2H3;1-2H3. The molecule has 0 spiro atoms. The molecule has 18 heavy (non-hydrogen) atoms. The van der Waals surface area contributed by atoms with Crippen LogP contribution in [-0.4, -0.2) is 27.1 Å². The average Bonchev–Trinajstić information content (AvgIpc) is 2.39. The van der Waals surface area contributed by atoms with Crippen molar-refractivity contribution in [3.8, 4) is 0 Å². The largest absolute Gasteiger partial charge is 0.355 e. The molecule has 0 atom stereocenters. The third-order valence-corrected chi connectivity index (χ3v) is 2.52. The lowest BCUT2D eigenvalue weighted by atomic mass is 10.2. The first-order chi connectivity index (χ1) is 8.67. The second kappa shape index (κ2) is 10.3. The summed E-state index contributed by atoms with van der Waals surface area (Å²) in [5.74, 6) is -0.333. The van der Waals surface area contributed by atoms with Crippen LogP contribution in [-0.2, 0) is 16.0 Å². The van der Waals surface area contributed by atoms with Crippen molar-refractivity contribution in [2.24, 2.45) is 0 Å². The van der Waals surface area contributed by atoms with Crippen molar-refractivity contribution in [2.75, 3.05) is 20.8 Å². The summed E-state index contributed by atoms with van der Waals surface area (Å²) in [7, 11) is 3.14. The molecule has 104 valence electrons. The van der Waals surface area contributed by atoms with Gasteiger partial charge >= 0.3 is 0 Å². The summed E-state index contributed by atoms with van der Waals surface area (Å²) in [6.45, 7) is 5.09. The van der Waals surface area contributed by atoms with Crippen LogP contribution in [0.1, 0.15) is 19.4 Å². The summed E-state index contributed by atoms with van der Waals surface area (Å²) in [6, 6.07) is 4.33. The van der Waals surface area contributed by atoms with Crippen LogP contribution < -0.4 is 5.32 Å². The van der Waals surface area contributed by atoms with E-state index in [-0.39, 0.29) is 12.1 Å². The molecule has 0 saturated heterocycles. The van der Waals surface area contributed by atoms with Gasteiger partial charge in [-0.2, -0.15) is 0 Å². The van der Waals surface area contributed by atoms with Gasteiger partial charge in [-0.1, -0.05) is 31.5 Å². The van der Waals surface area contributed by atoms with Crippen LogP contribution in [0.15, 0.2) is 18.2 Å². The number of hydrogen-bond donors (Lipinski definition) is 1. The Bertz CT molecular complexity index is 333. The number of benzene rings is 1. The van der Waals surface area contributed by atoms with Crippen LogP contribution in [0.25, 0.3) is 0 Å². The number of nitrogens with one attached hydrogen (secondary N) is 1. The third-order valence-electron chi connectivity index (χ3n) is 2.17. The first-order valence-corrected chi connectivity index (χ1v) is 6.25. The topological polar surface area (TPSA) is 30.5 Å². The fourth-order valence-electron chi connectivity index (χ4n) is 1.25. The monoisotopic (exact) mass is 277 g/mol. The molecule has 0 aromatic heterocycles. The highest BCUT2D eigenvalue weighted by molar-refractivity contribution is 6.31. The number of hydrogen-bond acceptors (Lipinski definition) is 3. The maximum atomic E-state index is 12.8. The zero-order chi connectivity index (χ0) is 14.0. The van der Waals surface area contributed by atoms with Gasteiger partial charge in [0.2, 0.25) is 0 Å². The normalized spacial score (nSPS) is 10.2. The summed E-state index contributed by atoms with van der Waals surface area (Å²) in [4.78, 5) is 0. The van der Waals surface area contributed by atoms with Gasteiger partial charge in [-0.05, 0) is 17.7 Å². The van der Waals surface area contributed by atoms with Crippen molar-refractivity contribution in [3.05, 3.63) is 34.6 Å². The van der Waals surface area contributed by atoms with Gasteiger partial charge in [0.1, 0.15) is 5.82 Å². The van der Waals surface area contributed by atoms with Gasteiger partial charge in [0.25, 0.3) is 0 Å². The van der Waals surface area contributed by atoms with Crippen molar-refractivity contribution in [1.29, 1.82) is 0 Å². The molecule has 0 amide bonds. The van der Waals surface area contributed by atoms with E-state index < -0.39 is 0 Å². The van der Waals surface area contributed by atoms with Crippen molar-refractivity contribution < 1.29 is 13.9 Å². The Morgan fingerprint density at radius 1 is 1.28 bits per heavy atom. The predicted molar refractivity (Wildman–Crippen MR) is 72.3 cm³/mol. The van der Waals surface area contributed by atoms with E-state index >= 15 is 0 Å². The molecule has 3 nitrogen and oxygen atoms in total. The summed E-state index contributed by atoms with van der Waals surface area (Å²) >= 11 is 5.87. The minimum absolute atomic E-state index is 0.292. The molecule has 0 aliphatic carbocycles. The smallest absolute Gasteiger partial charge is 0.169 e. The molecule has 0 unspecified atom stereocenters. The molecule has 0 bridgehead atoms. The Labute approximate surface area is 113 Å². The van der Waals surface area contributed by atoms with Crippen molar-refractivity contribution >= 4 is 11.6 Å². The Balaban J connectivity index is 0.00000137. The fourth-order valence-corrected chi connectivity index (χ4v) is 1.49. The van der Waals surface area contributed by atoms with Crippen LogP contribution in [0.3, 0.4) is 0 Å². The molecular formula is C13H21ClFNO2. The second-order valence-corrected chi connectivity index (χ2v) is 3.67. The Hall–Kier alpha value is -0.680. The maximum Gasteiger partial charge on any atom is 0.169 e. The highest BCUT2D eigenvalue weighted by Crippen LogP contribution is 2.16. The molecule has 0 radical (unpaired) electrons. The van der Waals surface area contributed by atoms with E-state index in [1.54, 1.807) is 20.3 Å². The van der Waals surface area contributed by atoms with E-state index in [0.29, 0.717) is 18.1 Å². The van der Waals surface area contributed by atoms with Crippen LogP contribution >= 0.6 is 11.6 Å². The zero-order valence-electron chi connectivity index (χ0n) is 11.3. The molecule has 0 aliphatic rings. The zero-order valence-corrected chi connectivity index (χ0v) is 12.1. The number of rotatable bonds is 6. The van der Waals surface area contributed by atoms with Crippen LogP contribution in [0.2, 0.25) is 5.02 Å². The summed E-state index contributed by atoms with van der Waals surface area (Å²) < 4.78 is 22.8. The van der Waals surface area contributed by atoms with Crippen molar-refractivity contribution in [1.82, 2.24) is 5.32 Å². The van der Waals surface area contributed by atoms with Gasteiger partial charge in [-0.3, -0.25) is 0 Å². The summed E-state index contributed by atoms with van der Waals surface area (Å²) in [5, 5.41) is 3.52. The van der Waals surface area contributed by atoms with Gasteiger partial charge in [-0.15, -0.1) is 0 Å². The Morgan fingerprint density at radius 2 is 1.89 bits per heavy atom. The van der Waals surface area contributed by atoms with E-state index in [4.69, 9.17) is 21.1 Å². The van der Waals surface area contributed by atoms with Crippen LogP contribution in [0, 0.1) is 5.82 Å². The Kier molecular flexibility index (Phi) is 9.87. The van der Waals surface area contributed by atoms with Gasteiger partial charge in [0.15, 0.2) is 6.29 Å². The lowest BCUT2D eigenvalue weighted by Crippen LogP contribution is -2.29. The number of halogens is 2.